The molecule has 65 heavy (non-hydrogen) atoms. The number of nitrogens with one attached hydrogen (secondary N) is 6. The summed E-state index contributed by atoms with van der Waals surface area (Å²) in [5.41, 5.74) is 5.45. The number of amides is 7. The van der Waals surface area contributed by atoms with E-state index >= 15 is 0 Å². The normalized spacial score (nSPS) is 23.8. The number of aliphatic carboxylic acids is 1. The number of nitrogens with two attached hydrogens (primary N) is 1. The Balaban J connectivity index is 3.78. The lowest BCUT2D eigenvalue weighted by Crippen LogP contribution is -2.61. The molecule has 1 fully saturated rings. The van der Waals surface area contributed by atoms with Crippen molar-refractivity contribution in [3.63, 3.8) is 0 Å². The highest BCUT2D eigenvalue weighted by molar-refractivity contribution is 5.98. The van der Waals surface area contributed by atoms with E-state index in [-0.39, 0.29) is 62.7 Å². The van der Waals surface area contributed by atoms with Crippen LogP contribution in [0.15, 0.2) is 0 Å². The standard InChI is InChI=1S/C47H83N7O11/c1-27(2)18-16-14-12-11-13-15-17-19-32-25-39(56)49-33(20-21-38(48)55)42(59)50-34(22-28(3)4)43(60)51-35(23-29(5)6)45(62)54-41(31(9)10)46(63)52-36(26-40(57)58)44(61)53-37(24-30(7)8)47(64)65-32/h27-37,41H,11-26H2,1-10H3,(H2,48,55)(H,49,56)(H,50,59)(H,51,60)(H,52,63)(H,53,61)(H,54,62)(H,57,58)/t32?,33?,34-,35+,36-,37?,41-/m0/s1. The van der Waals surface area contributed by atoms with Gasteiger partial charge in [0.25, 0.3) is 0 Å². The molecule has 1 aliphatic rings. The molecule has 7 amide bonds. The Kier molecular flexibility index (Phi) is 27.3. The second kappa shape index (κ2) is 30.4. The highest BCUT2D eigenvalue weighted by Crippen LogP contribution is 2.18. The van der Waals surface area contributed by atoms with Crippen LogP contribution in [0.2, 0.25) is 0 Å². The van der Waals surface area contributed by atoms with Crippen molar-refractivity contribution < 1.29 is 53.0 Å². The first-order chi connectivity index (χ1) is 30.4. The second-order valence-electron chi connectivity index (χ2n) is 19.8. The van der Waals surface area contributed by atoms with E-state index in [9.17, 15) is 48.3 Å². The zero-order chi connectivity index (χ0) is 49.4. The van der Waals surface area contributed by atoms with Crippen LogP contribution in [0.1, 0.15) is 172 Å². The summed E-state index contributed by atoms with van der Waals surface area (Å²) >= 11 is 0. The summed E-state index contributed by atoms with van der Waals surface area (Å²) in [6.45, 7) is 18.6. The number of hydrogen-bond acceptors (Lipinski definition) is 10. The van der Waals surface area contributed by atoms with Crippen molar-refractivity contribution in [2.75, 3.05) is 0 Å². The SMILES string of the molecule is CC(C)CCCCCCCCCC1CC(=O)NC(CCC(N)=O)C(=O)N[C@@H](CC(C)C)C(=O)N[C@H](CC(C)C)C(=O)N[C@@H](C(C)C)C(=O)N[C@@H](CC(=O)O)C(=O)NC(CC(C)C)C(=O)O1. The fourth-order valence-electron chi connectivity index (χ4n) is 7.62. The first-order valence-corrected chi connectivity index (χ1v) is 23.9. The molecule has 1 heterocycles. The molecule has 0 bridgehead atoms. The minimum absolute atomic E-state index is 0.0641. The number of unbranched alkanes of at least 4 members (excludes halogenated alkanes) is 6. The van der Waals surface area contributed by atoms with Gasteiger partial charge in [-0.05, 0) is 68.1 Å². The number of rotatable bonds is 22. The van der Waals surface area contributed by atoms with Gasteiger partial charge in [-0.2, -0.15) is 0 Å². The lowest BCUT2D eigenvalue weighted by molar-refractivity contribution is -0.155. The van der Waals surface area contributed by atoms with E-state index in [0.29, 0.717) is 12.3 Å². The van der Waals surface area contributed by atoms with Crippen LogP contribution in [-0.4, -0.2) is 101 Å². The van der Waals surface area contributed by atoms with Gasteiger partial charge < -0.3 is 47.5 Å². The highest BCUT2D eigenvalue weighted by atomic mass is 16.5. The van der Waals surface area contributed by atoms with E-state index in [1.54, 1.807) is 27.7 Å². The first kappa shape index (κ1) is 58.2. The lowest BCUT2D eigenvalue weighted by atomic mass is 9.98. The van der Waals surface area contributed by atoms with E-state index < -0.39 is 108 Å². The lowest BCUT2D eigenvalue weighted by Gasteiger charge is -2.30. The summed E-state index contributed by atoms with van der Waals surface area (Å²) in [5.74, 6) is -8.17. The van der Waals surface area contributed by atoms with Crippen molar-refractivity contribution in [1.29, 1.82) is 0 Å². The third-order valence-corrected chi connectivity index (χ3v) is 11.1. The molecular formula is C47H83N7O11. The van der Waals surface area contributed by atoms with Crippen molar-refractivity contribution in [3.05, 3.63) is 0 Å². The van der Waals surface area contributed by atoms with Crippen molar-refractivity contribution in [2.45, 2.75) is 214 Å². The summed E-state index contributed by atoms with van der Waals surface area (Å²) in [7, 11) is 0. The van der Waals surface area contributed by atoms with Crippen molar-refractivity contribution in [2.24, 2.45) is 35.3 Å². The third kappa shape index (κ3) is 24.9. The summed E-state index contributed by atoms with van der Waals surface area (Å²) in [5, 5.41) is 25.6. The molecule has 372 valence electrons. The van der Waals surface area contributed by atoms with Gasteiger partial charge in [0.05, 0.1) is 12.8 Å². The van der Waals surface area contributed by atoms with Gasteiger partial charge in [0.1, 0.15) is 42.4 Å². The molecule has 0 radical (unpaired) electrons. The molecule has 1 aliphatic heterocycles. The minimum atomic E-state index is -1.67. The number of carboxylic acids is 1. The highest BCUT2D eigenvalue weighted by Gasteiger charge is 2.37. The maximum Gasteiger partial charge on any atom is 0.328 e. The van der Waals surface area contributed by atoms with Crippen LogP contribution >= 0.6 is 0 Å². The molecule has 1 rings (SSSR count). The summed E-state index contributed by atoms with van der Waals surface area (Å²) in [4.78, 5) is 121. The monoisotopic (exact) mass is 922 g/mol. The molecule has 0 aromatic rings. The van der Waals surface area contributed by atoms with Crippen molar-refractivity contribution >= 4 is 53.3 Å². The fraction of sp³-hybridized carbons (Fsp3) is 0.809. The number of ether oxygens (including phenoxy) is 1. The molecular weight excluding hydrogens is 839 g/mol. The molecule has 0 spiro atoms. The average Bonchev–Trinajstić information content (AvgIpc) is 3.17. The molecule has 1 saturated heterocycles. The molecule has 7 atom stereocenters. The largest absolute Gasteiger partial charge is 0.481 e. The fourth-order valence-corrected chi connectivity index (χ4v) is 7.62. The second-order valence-corrected chi connectivity index (χ2v) is 19.8. The van der Waals surface area contributed by atoms with E-state index in [4.69, 9.17) is 10.5 Å². The number of carboxylic acid groups (broad SMARTS) is 1. The van der Waals surface area contributed by atoms with Crippen LogP contribution in [0.3, 0.4) is 0 Å². The van der Waals surface area contributed by atoms with Gasteiger partial charge in [-0.3, -0.25) is 38.4 Å². The van der Waals surface area contributed by atoms with E-state index in [1.807, 2.05) is 27.7 Å². The smallest absolute Gasteiger partial charge is 0.328 e. The Morgan fingerprint density at radius 3 is 1.49 bits per heavy atom. The Morgan fingerprint density at radius 2 is 1.00 bits per heavy atom. The molecule has 18 heteroatoms. The van der Waals surface area contributed by atoms with Gasteiger partial charge in [0, 0.05) is 6.42 Å². The van der Waals surface area contributed by atoms with Gasteiger partial charge in [0.2, 0.25) is 41.4 Å². The summed E-state index contributed by atoms with van der Waals surface area (Å²) < 4.78 is 5.95. The predicted octanol–water partition coefficient (Wildman–Crippen LogP) is 3.91. The van der Waals surface area contributed by atoms with Crippen LogP contribution in [0.4, 0.5) is 0 Å². The summed E-state index contributed by atoms with van der Waals surface area (Å²) in [6.07, 6.45) is 5.75. The van der Waals surface area contributed by atoms with Gasteiger partial charge in [-0.15, -0.1) is 0 Å². The number of hydrogen-bond donors (Lipinski definition) is 8. The van der Waals surface area contributed by atoms with Crippen LogP contribution in [-0.2, 0) is 47.9 Å². The number of carbonyl (C=O) groups excluding carboxylic acids is 8. The van der Waals surface area contributed by atoms with Gasteiger partial charge in [0.15, 0.2) is 0 Å². The summed E-state index contributed by atoms with van der Waals surface area (Å²) in [6, 6.07) is -8.00. The van der Waals surface area contributed by atoms with Crippen LogP contribution in [0, 0.1) is 29.6 Å². The molecule has 9 N–H and O–H groups in total. The third-order valence-electron chi connectivity index (χ3n) is 11.1. The number of carbonyl (C=O) groups is 9. The van der Waals surface area contributed by atoms with E-state index in [2.05, 4.69) is 45.7 Å². The molecule has 0 aromatic heterocycles. The minimum Gasteiger partial charge on any atom is -0.481 e. The van der Waals surface area contributed by atoms with Crippen molar-refractivity contribution in [3.8, 4) is 0 Å². The number of primary amides is 1. The molecule has 3 unspecified atom stereocenters. The molecule has 18 nitrogen and oxygen atoms in total. The zero-order valence-electron chi connectivity index (χ0n) is 40.8. The predicted molar refractivity (Wildman–Crippen MR) is 246 cm³/mol. The maximum absolute atomic E-state index is 14.0. The maximum atomic E-state index is 14.0. The Bertz CT molecular complexity index is 1570. The topological polar surface area (TPSA) is 281 Å². The van der Waals surface area contributed by atoms with Crippen LogP contribution in [0.25, 0.3) is 0 Å². The van der Waals surface area contributed by atoms with Gasteiger partial charge >= 0.3 is 11.9 Å². The van der Waals surface area contributed by atoms with Gasteiger partial charge in [-0.1, -0.05) is 114 Å². The number of cyclic esters (lactones) is 1. The molecule has 0 aromatic carbocycles. The average molecular weight is 922 g/mol. The Hall–Kier alpha value is -4.77. The van der Waals surface area contributed by atoms with Gasteiger partial charge in [-0.25, -0.2) is 4.79 Å². The Labute approximate surface area is 387 Å². The zero-order valence-corrected chi connectivity index (χ0v) is 40.8. The van der Waals surface area contributed by atoms with E-state index in [1.165, 1.54) is 12.8 Å². The number of esters is 1. The van der Waals surface area contributed by atoms with Crippen molar-refractivity contribution in [1.82, 2.24) is 31.9 Å². The molecule has 0 saturated carbocycles. The van der Waals surface area contributed by atoms with Crippen LogP contribution in [0.5, 0.6) is 0 Å². The van der Waals surface area contributed by atoms with Crippen LogP contribution < -0.4 is 37.6 Å². The Morgan fingerprint density at radius 1 is 0.554 bits per heavy atom. The quantitative estimate of drug-likeness (QED) is 0.0569. The first-order valence-electron chi connectivity index (χ1n) is 23.9. The van der Waals surface area contributed by atoms with E-state index in [0.717, 1.165) is 32.1 Å². The molecule has 0 aliphatic carbocycles.